The second-order valence-electron chi connectivity index (χ2n) is 22.9. The molecule has 0 aliphatic heterocycles. The predicted molar refractivity (Wildman–Crippen MR) is 368 cm³/mol. The third-order valence-electron chi connectivity index (χ3n) is 16.1. The van der Waals surface area contributed by atoms with Crippen LogP contribution in [0.5, 0.6) is 0 Å². The van der Waals surface area contributed by atoms with Gasteiger partial charge >= 0.3 is 0 Å². The third kappa shape index (κ3) is 21.9. The molecule has 0 saturated heterocycles. The first kappa shape index (κ1) is 62.4. The molecule has 0 radical (unpaired) electrons. The Labute approximate surface area is 510 Å². The maximum absolute atomic E-state index is 2.38. The molecule has 0 fully saturated rings. The largest absolute Gasteiger partial charge is 0.139 e. The van der Waals surface area contributed by atoms with Crippen LogP contribution >= 0.6 is 68.0 Å². The van der Waals surface area contributed by atoms with E-state index >= 15 is 0 Å². The summed E-state index contributed by atoms with van der Waals surface area (Å²) < 4.78 is 0. The number of benzene rings is 2. The van der Waals surface area contributed by atoms with Crippen LogP contribution in [-0.2, 0) is 12.8 Å². The van der Waals surface area contributed by atoms with Gasteiger partial charge < -0.3 is 0 Å². The maximum Gasteiger partial charge on any atom is 0.0449 e. The van der Waals surface area contributed by atoms with E-state index in [1.54, 1.807) is 9.75 Å². The molecule has 8 aromatic rings. The van der Waals surface area contributed by atoms with Crippen molar-refractivity contribution in [1.82, 2.24) is 0 Å². The molecule has 0 bridgehead atoms. The van der Waals surface area contributed by atoms with Gasteiger partial charge in [0.1, 0.15) is 0 Å². The molecule has 80 heavy (non-hydrogen) atoms. The van der Waals surface area contributed by atoms with Crippen LogP contribution in [0, 0.1) is 0 Å². The average Bonchev–Trinajstić information content (AvgIpc) is 4.47. The summed E-state index contributed by atoms with van der Waals surface area (Å²) in [5, 5.41) is 0. The Morgan fingerprint density at radius 3 is 0.700 bits per heavy atom. The van der Waals surface area contributed by atoms with Crippen LogP contribution in [0.4, 0.5) is 0 Å². The lowest BCUT2D eigenvalue weighted by molar-refractivity contribution is 0.529. The van der Waals surface area contributed by atoms with Crippen LogP contribution in [0.25, 0.3) is 72.1 Å². The fourth-order valence-electron chi connectivity index (χ4n) is 11.1. The van der Waals surface area contributed by atoms with Crippen molar-refractivity contribution in [3.63, 3.8) is 0 Å². The predicted octanol–water partition coefficient (Wildman–Crippen LogP) is 27.8. The highest BCUT2D eigenvalue weighted by Gasteiger charge is 2.13. The van der Waals surface area contributed by atoms with E-state index in [4.69, 9.17) is 0 Å². The van der Waals surface area contributed by atoms with Gasteiger partial charge in [-0.05, 0) is 121 Å². The van der Waals surface area contributed by atoms with Gasteiger partial charge in [-0.25, -0.2) is 0 Å². The molecule has 0 N–H and O–H groups in total. The summed E-state index contributed by atoms with van der Waals surface area (Å²) >= 11 is 11.7. The van der Waals surface area contributed by atoms with Crippen LogP contribution in [0.1, 0.15) is 240 Å². The minimum atomic E-state index is 1.22. The molecule has 0 nitrogen and oxygen atoms in total. The van der Waals surface area contributed by atoms with Gasteiger partial charge in [0.25, 0.3) is 0 Å². The Bertz CT molecular complexity index is 2690. The topological polar surface area (TPSA) is 0 Å². The van der Waals surface area contributed by atoms with Gasteiger partial charge in [-0.1, -0.05) is 267 Å². The highest BCUT2D eigenvalue weighted by Crippen LogP contribution is 2.44. The standard InChI is InChI=1S/C74H96S6/c1-3-5-7-9-11-13-15-17-19-21-23-25-27-29-31-33-35-63-47-49-67(75-63)69-55-57-73(79-69)71-53-51-65(77-71)61-43-39-59(40-44-61)37-38-60-41-45-62(46-42-60)66-52-54-72(78-66)74-58-56-70(80-74)68-50-48-64(76-68)36-34-32-30-28-26-24-22-20-18-16-14-12-10-8-6-4-2/h37-58H,3-36H2,1-2H3. The van der Waals surface area contributed by atoms with Gasteiger partial charge in [-0.2, -0.15) is 0 Å². The van der Waals surface area contributed by atoms with E-state index in [-0.39, 0.29) is 0 Å². The SMILES string of the molecule is CCCCCCCCCCCCCCCCCCc1ccc(-c2ccc(-c3ccc(-c4ccc(C=Cc5ccc(-c6ccc(-c7ccc(-c8ccc(CCCCCCCCCCCCCCCCCC)s8)s7)s6)cc5)cc4)s3)s2)s1. The van der Waals surface area contributed by atoms with Crippen molar-refractivity contribution in [1.29, 1.82) is 0 Å². The summed E-state index contributed by atoms with van der Waals surface area (Å²) in [6, 6.07) is 46.1. The molecular formula is C74H96S6. The van der Waals surface area contributed by atoms with Gasteiger partial charge in [0.05, 0.1) is 0 Å². The van der Waals surface area contributed by atoms with Crippen molar-refractivity contribution in [2.45, 2.75) is 232 Å². The fourth-order valence-corrected chi connectivity index (χ4v) is 17.6. The van der Waals surface area contributed by atoms with Crippen LogP contribution in [0.3, 0.4) is 0 Å². The average molecular weight is 1180 g/mol. The molecule has 6 heterocycles. The van der Waals surface area contributed by atoms with E-state index < -0.39 is 0 Å². The molecule has 0 atom stereocenters. The van der Waals surface area contributed by atoms with Crippen LogP contribution in [0.2, 0.25) is 0 Å². The lowest BCUT2D eigenvalue weighted by atomic mass is 10.0. The van der Waals surface area contributed by atoms with Crippen LogP contribution < -0.4 is 0 Å². The fraction of sp³-hybridized carbons (Fsp3) is 0.486. The number of hydrogen-bond acceptors (Lipinski definition) is 6. The minimum Gasteiger partial charge on any atom is -0.139 e. The molecule has 6 aromatic heterocycles. The number of unbranched alkanes of at least 4 members (excludes halogenated alkanes) is 30. The highest BCUT2D eigenvalue weighted by atomic mass is 32.1. The first-order valence-electron chi connectivity index (χ1n) is 32.1. The molecule has 6 heteroatoms. The highest BCUT2D eigenvalue weighted by molar-refractivity contribution is 7.28. The summed E-state index contributed by atoms with van der Waals surface area (Å²) in [6.45, 7) is 4.61. The lowest BCUT2D eigenvalue weighted by Gasteiger charge is -2.03. The first-order valence-corrected chi connectivity index (χ1v) is 37.0. The van der Waals surface area contributed by atoms with E-state index in [0.29, 0.717) is 0 Å². The molecular weight excluding hydrogens is 1080 g/mol. The monoisotopic (exact) mass is 1180 g/mol. The van der Waals surface area contributed by atoms with Gasteiger partial charge in [0.2, 0.25) is 0 Å². The van der Waals surface area contributed by atoms with Gasteiger partial charge in [-0.15, -0.1) is 68.0 Å². The molecule has 0 aliphatic carbocycles. The molecule has 0 amide bonds. The number of aryl methyl sites for hydroxylation is 2. The number of rotatable bonds is 42. The number of hydrogen-bond donors (Lipinski definition) is 0. The molecule has 2 aromatic carbocycles. The van der Waals surface area contributed by atoms with E-state index in [1.807, 2.05) is 68.0 Å². The second kappa shape index (κ2) is 36.9. The zero-order chi connectivity index (χ0) is 55.1. The lowest BCUT2D eigenvalue weighted by Crippen LogP contribution is -1.84. The summed E-state index contributed by atoms with van der Waals surface area (Å²) in [4.78, 5) is 16.8. The first-order chi connectivity index (χ1) is 39.6. The van der Waals surface area contributed by atoms with Crippen molar-refractivity contribution in [3.8, 4) is 59.9 Å². The Balaban J connectivity index is 0.693. The van der Waals surface area contributed by atoms with E-state index in [9.17, 15) is 0 Å². The summed E-state index contributed by atoms with van der Waals surface area (Å²) in [7, 11) is 0. The van der Waals surface area contributed by atoms with E-state index in [2.05, 4.69) is 147 Å². The Kier molecular flexibility index (Phi) is 28.8. The van der Waals surface area contributed by atoms with Crippen molar-refractivity contribution in [3.05, 3.63) is 142 Å². The summed E-state index contributed by atoms with van der Waals surface area (Å²) in [6.07, 6.45) is 52.5. The Morgan fingerprint density at radius 2 is 0.425 bits per heavy atom. The number of thiophene rings is 6. The molecule has 0 unspecified atom stereocenters. The zero-order valence-electron chi connectivity index (χ0n) is 49.2. The Morgan fingerprint density at radius 1 is 0.212 bits per heavy atom. The van der Waals surface area contributed by atoms with Gasteiger partial charge in [-0.3, -0.25) is 0 Å². The molecule has 0 spiro atoms. The van der Waals surface area contributed by atoms with Crippen LogP contribution in [-0.4, -0.2) is 0 Å². The van der Waals surface area contributed by atoms with Crippen molar-refractivity contribution < 1.29 is 0 Å². The van der Waals surface area contributed by atoms with Crippen LogP contribution in [0.15, 0.2) is 121 Å². The molecule has 428 valence electrons. The maximum atomic E-state index is 2.38. The molecule has 0 saturated carbocycles. The summed E-state index contributed by atoms with van der Waals surface area (Å²) in [5.41, 5.74) is 4.99. The van der Waals surface area contributed by atoms with Crippen molar-refractivity contribution in [2.75, 3.05) is 0 Å². The van der Waals surface area contributed by atoms with E-state index in [1.165, 1.54) is 289 Å². The quantitative estimate of drug-likeness (QED) is 0.0264. The second-order valence-corrected chi connectivity index (χ2v) is 29.5. The summed E-state index contributed by atoms with van der Waals surface area (Å²) in [5.74, 6) is 0. The smallest absolute Gasteiger partial charge is 0.0449 e. The van der Waals surface area contributed by atoms with Crippen molar-refractivity contribution >= 4 is 80.2 Å². The molecule has 0 aliphatic rings. The third-order valence-corrected chi connectivity index (χ3v) is 23.6. The van der Waals surface area contributed by atoms with Crippen molar-refractivity contribution in [2.24, 2.45) is 0 Å². The molecule has 8 rings (SSSR count). The van der Waals surface area contributed by atoms with E-state index in [0.717, 1.165) is 0 Å². The van der Waals surface area contributed by atoms with Gasteiger partial charge in [0.15, 0.2) is 0 Å². The zero-order valence-corrected chi connectivity index (χ0v) is 54.1. The minimum absolute atomic E-state index is 1.22. The Hall–Kier alpha value is -3.62. The normalized spacial score (nSPS) is 11.8. The van der Waals surface area contributed by atoms with Gasteiger partial charge in [0, 0.05) is 58.5 Å².